The van der Waals surface area contributed by atoms with Gasteiger partial charge in [0.15, 0.2) is 0 Å². The van der Waals surface area contributed by atoms with Gasteiger partial charge in [-0.05, 0) is 37.0 Å². The van der Waals surface area contributed by atoms with Crippen molar-refractivity contribution in [3.8, 4) is 5.75 Å². The van der Waals surface area contributed by atoms with Crippen LogP contribution in [0.2, 0.25) is 0 Å². The SMILES string of the molecule is CCC(NC1CCS(=O)(=O)CC1)c1ccc(OC)cc1. The molecule has 1 heterocycles. The Hall–Kier alpha value is -1.07. The fourth-order valence-electron chi connectivity index (χ4n) is 2.63. The van der Waals surface area contributed by atoms with Crippen LogP contribution in [0.15, 0.2) is 24.3 Å². The predicted octanol–water partition coefficient (Wildman–Crippen LogP) is 2.31. The molecule has 1 aliphatic heterocycles. The van der Waals surface area contributed by atoms with E-state index in [1.54, 1.807) is 7.11 Å². The van der Waals surface area contributed by atoms with Crippen molar-refractivity contribution in [2.75, 3.05) is 18.6 Å². The lowest BCUT2D eigenvalue weighted by molar-refractivity contribution is 0.396. The zero-order chi connectivity index (χ0) is 14.6. The van der Waals surface area contributed by atoms with Gasteiger partial charge in [-0.15, -0.1) is 0 Å². The zero-order valence-electron chi connectivity index (χ0n) is 12.1. The lowest BCUT2D eigenvalue weighted by Crippen LogP contribution is -2.39. The van der Waals surface area contributed by atoms with Crippen molar-refractivity contribution in [3.05, 3.63) is 29.8 Å². The minimum atomic E-state index is -2.79. The third-order valence-electron chi connectivity index (χ3n) is 3.92. The Balaban J connectivity index is 1.98. The van der Waals surface area contributed by atoms with Gasteiger partial charge in [-0.2, -0.15) is 0 Å². The highest BCUT2D eigenvalue weighted by Crippen LogP contribution is 2.23. The first kappa shape index (κ1) is 15.3. The minimum Gasteiger partial charge on any atom is -0.497 e. The number of rotatable bonds is 5. The summed E-state index contributed by atoms with van der Waals surface area (Å²) in [4.78, 5) is 0. The molecule has 0 aliphatic carbocycles. The Labute approximate surface area is 121 Å². The van der Waals surface area contributed by atoms with E-state index in [0.29, 0.717) is 17.5 Å². The quantitative estimate of drug-likeness (QED) is 0.906. The molecular formula is C15H23NO3S. The second kappa shape index (κ2) is 6.59. The summed E-state index contributed by atoms with van der Waals surface area (Å²) in [6.07, 6.45) is 2.42. The van der Waals surface area contributed by atoms with Crippen molar-refractivity contribution in [3.63, 3.8) is 0 Å². The third kappa shape index (κ3) is 3.96. The predicted molar refractivity (Wildman–Crippen MR) is 80.8 cm³/mol. The molecule has 1 unspecified atom stereocenters. The number of benzene rings is 1. The summed E-state index contributed by atoms with van der Waals surface area (Å²) >= 11 is 0. The van der Waals surface area contributed by atoms with E-state index in [4.69, 9.17) is 4.74 Å². The largest absolute Gasteiger partial charge is 0.497 e. The Kier molecular flexibility index (Phi) is 5.05. The van der Waals surface area contributed by atoms with E-state index >= 15 is 0 Å². The molecule has 0 spiro atoms. The Morgan fingerprint density at radius 3 is 2.35 bits per heavy atom. The van der Waals surface area contributed by atoms with Crippen LogP contribution in [-0.4, -0.2) is 33.1 Å². The molecule has 0 saturated carbocycles. The van der Waals surface area contributed by atoms with Gasteiger partial charge in [-0.3, -0.25) is 0 Å². The van der Waals surface area contributed by atoms with E-state index in [2.05, 4.69) is 24.4 Å². The normalized spacial score (nSPS) is 20.5. The van der Waals surface area contributed by atoms with Crippen LogP contribution in [0.25, 0.3) is 0 Å². The van der Waals surface area contributed by atoms with Crippen LogP contribution < -0.4 is 10.1 Å². The van der Waals surface area contributed by atoms with Crippen molar-refractivity contribution in [1.29, 1.82) is 0 Å². The molecule has 1 N–H and O–H groups in total. The lowest BCUT2D eigenvalue weighted by Gasteiger charge is -2.28. The van der Waals surface area contributed by atoms with E-state index in [-0.39, 0.29) is 6.04 Å². The van der Waals surface area contributed by atoms with E-state index in [9.17, 15) is 8.42 Å². The summed E-state index contributed by atoms with van der Waals surface area (Å²) in [6.45, 7) is 2.14. The summed E-state index contributed by atoms with van der Waals surface area (Å²) in [6, 6.07) is 8.63. The topological polar surface area (TPSA) is 55.4 Å². The molecule has 1 atom stereocenters. The van der Waals surface area contributed by atoms with Crippen LogP contribution in [0.1, 0.15) is 37.8 Å². The highest BCUT2D eigenvalue weighted by atomic mass is 32.2. The van der Waals surface area contributed by atoms with Gasteiger partial charge in [0.1, 0.15) is 15.6 Å². The molecule has 4 nitrogen and oxygen atoms in total. The number of sulfone groups is 1. The van der Waals surface area contributed by atoms with Gasteiger partial charge >= 0.3 is 0 Å². The first-order valence-corrected chi connectivity index (χ1v) is 8.96. The molecule has 20 heavy (non-hydrogen) atoms. The Bertz CT molecular complexity index is 511. The number of hydrogen-bond acceptors (Lipinski definition) is 4. The van der Waals surface area contributed by atoms with Crippen LogP contribution in [0.4, 0.5) is 0 Å². The highest BCUT2D eigenvalue weighted by Gasteiger charge is 2.25. The maximum Gasteiger partial charge on any atom is 0.150 e. The first-order valence-electron chi connectivity index (χ1n) is 7.14. The van der Waals surface area contributed by atoms with E-state index in [0.717, 1.165) is 25.0 Å². The molecule has 1 aromatic rings. The fraction of sp³-hybridized carbons (Fsp3) is 0.600. The van der Waals surface area contributed by atoms with Gasteiger partial charge in [0.25, 0.3) is 0 Å². The summed E-state index contributed by atoms with van der Waals surface area (Å²) in [7, 11) is -1.13. The molecule has 5 heteroatoms. The molecule has 1 fully saturated rings. The van der Waals surface area contributed by atoms with E-state index < -0.39 is 9.84 Å². The van der Waals surface area contributed by atoms with Crippen LogP contribution >= 0.6 is 0 Å². The van der Waals surface area contributed by atoms with E-state index in [1.807, 2.05) is 12.1 Å². The Morgan fingerprint density at radius 2 is 1.85 bits per heavy atom. The van der Waals surface area contributed by atoms with Crippen LogP contribution in [0.5, 0.6) is 5.75 Å². The molecule has 0 aromatic heterocycles. The van der Waals surface area contributed by atoms with Gasteiger partial charge < -0.3 is 10.1 Å². The third-order valence-corrected chi connectivity index (χ3v) is 5.63. The second-order valence-corrected chi connectivity index (χ2v) is 7.63. The van der Waals surface area contributed by atoms with Crippen molar-refractivity contribution in [2.24, 2.45) is 0 Å². The van der Waals surface area contributed by atoms with E-state index in [1.165, 1.54) is 5.56 Å². The summed E-state index contributed by atoms with van der Waals surface area (Å²) in [5.41, 5.74) is 1.22. The molecule has 0 radical (unpaired) electrons. The molecular weight excluding hydrogens is 274 g/mol. The highest BCUT2D eigenvalue weighted by molar-refractivity contribution is 7.91. The Morgan fingerprint density at radius 1 is 1.25 bits per heavy atom. The maximum atomic E-state index is 11.5. The van der Waals surface area contributed by atoms with Crippen molar-refractivity contribution in [2.45, 2.75) is 38.3 Å². The van der Waals surface area contributed by atoms with Crippen molar-refractivity contribution >= 4 is 9.84 Å². The second-order valence-electron chi connectivity index (χ2n) is 5.33. The van der Waals surface area contributed by atoms with Crippen LogP contribution in [0.3, 0.4) is 0 Å². The van der Waals surface area contributed by atoms with Crippen LogP contribution in [-0.2, 0) is 9.84 Å². The van der Waals surface area contributed by atoms with Gasteiger partial charge in [0.05, 0.1) is 18.6 Å². The maximum absolute atomic E-state index is 11.5. The summed E-state index contributed by atoms with van der Waals surface area (Å²) in [5.74, 6) is 1.47. The molecule has 2 rings (SSSR count). The summed E-state index contributed by atoms with van der Waals surface area (Å²) < 4.78 is 28.1. The number of methoxy groups -OCH3 is 1. The van der Waals surface area contributed by atoms with Gasteiger partial charge in [-0.1, -0.05) is 19.1 Å². The molecule has 1 aliphatic rings. The first-order chi connectivity index (χ1) is 9.54. The smallest absolute Gasteiger partial charge is 0.150 e. The molecule has 1 saturated heterocycles. The van der Waals surface area contributed by atoms with Crippen molar-refractivity contribution in [1.82, 2.24) is 5.32 Å². The van der Waals surface area contributed by atoms with Crippen molar-refractivity contribution < 1.29 is 13.2 Å². The lowest BCUT2D eigenvalue weighted by atomic mass is 10.0. The average Bonchev–Trinajstić information content (AvgIpc) is 2.46. The monoisotopic (exact) mass is 297 g/mol. The standard InChI is InChI=1S/C15H23NO3S/c1-3-15(12-4-6-14(19-2)7-5-12)16-13-8-10-20(17,18)11-9-13/h4-7,13,15-16H,3,8-11H2,1-2H3. The number of hydrogen-bond donors (Lipinski definition) is 1. The van der Waals surface area contributed by atoms with Gasteiger partial charge in [0.2, 0.25) is 0 Å². The minimum absolute atomic E-state index is 0.270. The zero-order valence-corrected chi connectivity index (χ0v) is 12.9. The molecule has 0 bridgehead atoms. The number of ether oxygens (including phenoxy) is 1. The fourth-order valence-corrected chi connectivity index (χ4v) is 4.12. The number of nitrogens with one attached hydrogen (secondary N) is 1. The molecule has 1 aromatic carbocycles. The molecule has 112 valence electrons. The average molecular weight is 297 g/mol. The van der Waals surface area contributed by atoms with Gasteiger partial charge in [0, 0.05) is 12.1 Å². The molecule has 0 amide bonds. The van der Waals surface area contributed by atoms with Gasteiger partial charge in [-0.25, -0.2) is 8.42 Å². The summed E-state index contributed by atoms with van der Waals surface area (Å²) in [5, 5.41) is 3.59. The van der Waals surface area contributed by atoms with Crippen LogP contribution in [0, 0.1) is 0 Å².